The Hall–Kier alpha value is -1.73. The van der Waals surface area contributed by atoms with Gasteiger partial charge in [0.15, 0.2) is 0 Å². The van der Waals surface area contributed by atoms with E-state index in [9.17, 15) is 14.7 Å². The van der Waals surface area contributed by atoms with Crippen LogP contribution < -0.4 is 5.56 Å². The summed E-state index contributed by atoms with van der Waals surface area (Å²) < 4.78 is 0. The van der Waals surface area contributed by atoms with Crippen molar-refractivity contribution >= 4 is 27.5 Å². The topological polar surface area (TPSA) is 86.3 Å². The Morgan fingerprint density at radius 3 is 2.85 bits per heavy atom. The number of aromatic nitrogens is 2. The van der Waals surface area contributed by atoms with Crippen molar-refractivity contribution < 1.29 is 9.90 Å². The number of rotatable bonds is 3. The van der Waals surface area contributed by atoms with Crippen LogP contribution in [0.3, 0.4) is 0 Å². The molecule has 1 aliphatic heterocycles. The summed E-state index contributed by atoms with van der Waals surface area (Å²) in [7, 11) is 0. The number of nitrogens with one attached hydrogen (secondary N) is 1. The van der Waals surface area contributed by atoms with Gasteiger partial charge in [0.25, 0.3) is 5.56 Å². The van der Waals surface area contributed by atoms with Gasteiger partial charge < -0.3 is 10.1 Å². The fourth-order valence-electron chi connectivity index (χ4n) is 4.62. The molecule has 0 aromatic carbocycles. The maximum absolute atomic E-state index is 12.8. The van der Waals surface area contributed by atoms with Crippen molar-refractivity contribution in [1.82, 2.24) is 14.9 Å². The van der Waals surface area contributed by atoms with Gasteiger partial charge >= 0.3 is 5.97 Å². The third-order valence-electron chi connectivity index (χ3n) is 6.16. The molecular formula is C20H27N3O3S. The normalized spacial score (nSPS) is 27.4. The lowest BCUT2D eigenvalue weighted by molar-refractivity contribution is -0.144. The van der Waals surface area contributed by atoms with Gasteiger partial charge in [0.2, 0.25) is 0 Å². The molecule has 1 aliphatic carbocycles. The summed E-state index contributed by atoms with van der Waals surface area (Å²) in [6.45, 7) is 7.68. The number of aliphatic carboxylic acids is 1. The van der Waals surface area contributed by atoms with Gasteiger partial charge in [0.1, 0.15) is 10.7 Å². The van der Waals surface area contributed by atoms with Crippen LogP contribution in [0.4, 0.5) is 0 Å². The van der Waals surface area contributed by atoms with Crippen LogP contribution in [0.25, 0.3) is 10.2 Å². The van der Waals surface area contributed by atoms with Gasteiger partial charge in [-0.25, -0.2) is 4.98 Å². The molecular weight excluding hydrogens is 362 g/mol. The first-order valence-electron chi connectivity index (χ1n) is 9.84. The molecule has 2 aromatic rings. The predicted octanol–water partition coefficient (Wildman–Crippen LogP) is 3.21. The number of nitrogens with zero attached hydrogens (tertiary/aromatic N) is 2. The van der Waals surface area contributed by atoms with E-state index in [4.69, 9.17) is 4.98 Å². The number of hydrogen-bond acceptors (Lipinski definition) is 5. The van der Waals surface area contributed by atoms with Crippen LogP contribution in [-0.2, 0) is 17.6 Å². The molecule has 4 atom stereocenters. The molecule has 7 heteroatoms. The number of thiophene rings is 1. The predicted molar refractivity (Wildman–Crippen MR) is 106 cm³/mol. The molecule has 146 valence electrons. The van der Waals surface area contributed by atoms with Gasteiger partial charge in [0.05, 0.1) is 17.3 Å². The first kappa shape index (κ1) is 18.6. The summed E-state index contributed by atoms with van der Waals surface area (Å²) in [5, 5.41) is 10.2. The van der Waals surface area contributed by atoms with Crippen LogP contribution in [0.15, 0.2) is 4.79 Å². The molecule has 2 aromatic heterocycles. The fraction of sp³-hybridized carbons (Fsp3) is 0.650. The van der Waals surface area contributed by atoms with Gasteiger partial charge in [-0.2, -0.15) is 0 Å². The van der Waals surface area contributed by atoms with E-state index in [2.05, 4.69) is 23.7 Å². The van der Waals surface area contributed by atoms with Crippen molar-refractivity contribution in [3.63, 3.8) is 0 Å². The molecule has 2 N–H and O–H groups in total. The monoisotopic (exact) mass is 389 g/mol. The number of carboxylic acids is 1. The number of carboxylic acid groups (broad SMARTS) is 1. The summed E-state index contributed by atoms with van der Waals surface area (Å²) in [4.78, 5) is 36.4. The van der Waals surface area contributed by atoms with Crippen molar-refractivity contribution in [2.45, 2.75) is 52.5 Å². The van der Waals surface area contributed by atoms with E-state index in [0.29, 0.717) is 30.6 Å². The van der Waals surface area contributed by atoms with Gasteiger partial charge in [-0.3, -0.25) is 14.5 Å². The van der Waals surface area contributed by atoms with Crippen molar-refractivity contribution in [1.29, 1.82) is 0 Å². The van der Waals surface area contributed by atoms with E-state index >= 15 is 0 Å². The minimum Gasteiger partial charge on any atom is -0.481 e. The number of aryl methyl sites for hydroxylation is 1. The minimum atomic E-state index is -0.740. The van der Waals surface area contributed by atoms with E-state index in [-0.39, 0.29) is 17.5 Å². The van der Waals surface area contributed by atoms with Gasteiger partial charge in [0, 0.05) is 18.0 Å². The number of aromatic amines is 1. The molecule has 0 radical (unpaired) electrons. The lowest BCUT2D eigenvalue weighted by Gasteiger charge is -2.37. The molecule has 1 saturated heterocycles. The maximum atomic E-state index is 12.8. The van der Waals surface area contributed by atoms with Crippen LogP contribution in [-0.4, -0.2) is 39.0 Å². The fourth-order valence-corrected chi connectivity index (χ4v) is 6.01. The molecule has 4 unspecified atom stereocenters. The lowest BCUT2D eigenvalue weighted by atomic mass is 9.89. The van der Waals surface area contributed by atoms with Gasteiger partial charge in [-0.1, -0.05) is 13.8 Å². The van der Waals surface area contributed by atoms with Crippen LogP contribution in [0.1, 0.15) is 55.9 Å². The smallest absolute Gasteiger partial charge is 0.307 e. The second kappa shape index (κ2) is 7.02. The highest BCUT2D eigenvalue weighted by molar-refractivity contribution is 7.18. The first-order valence-corrected chi connectivity index (χ1v) is 10.7. The van der Waals surface area contributed by atoms with Crippen LogP contribution in [0.5, 0.6) is 0 Å². The Morgan fingerprint density at radius 1 is 1.33 bits per heavy atom. The van der Waals surface area contributed by atoms with Crippen molar-refractivity contribution in [2.24, 2.45) is 17.8 Å². The lowest BCUT2D eigenvalue weighted by Crippen LogP contribution is -2.44. The quantitative estimate of drug-likeness (QED) is 0.842. The summed E-state index contributed by atoms with van der Waals surface area (Å²) in [5.41, 5.74) is 1.15. The van der Waals surface area contributed by atoms with Crippen LogP contribution >= 0.6 is 11.3 Å². The minimum absolute atomic E-state index is 0.0475. The summed E-state index contributed by atoms with van der Waals surface area (Å²) in [5.74, 6) is 0.523. The molecule has 27 heavy (non-hydrogen) atoms. The SMILES string of the molecule is CC1CCc2c(sc3nc(C(C)N4CC(C)CC(C(=O)O)C4)[nH]c(=O)c23)C1. The molecule has 0 bridgehead atoms. The van der Waals surface area contributed by atoms with E-state index in [1.165, 1.54) is 10.4 Å². The highest BCUT2D eigenvalue weighted by Crippen LogP contribution is 2.36. The maximum Gasteiger partial charge on any atom is 0.307 e. The zero-order chi connectivity index (χ0) is 19.3. The summed E-state index contributed by atoms with van der Waals surface area (Å²) in [6, 6.07) is -0.107. The highest BCUT2D eigenvalue weighted by atomic mass is 32.1. The molecule has 1 fully saturated rings. The summed E-state index contributed by atoms with van der Waals surface area (Å²) in [6.07, 6.45) is 3.82. The van der Waals surface area contributed by atoms with Crippen LogP contribution in [0, 0.1) is 17.8 Å². The van der Waals surface area contributed by atoms with E-state index in [1.54, 1.807) is 11.3 Å². The standard InChI is InChI=1S/C20H27N3O3S/c1-10-4-5-14-15(7-10)27-19-16(14)18(24)21-17(22-19)12(3)23-8-11(2)6-13(9-23)20(25)26/h10-13H,4-9H2,1-3H3,(H,25,26)(H,21,22,24). The van der Waals surface area contributed by atoms with Crippen molar-refractivity contribution in [2.75, 3.05) is 13.1 Å². The second-order valence-corrected chi connectivity index (χ2v) is 9.57. The molecule has 0 spiro atoms. The second-order valence-electron chi connectivity index (χ2n) is 8.49. The zero-order valence-corrected chi connectivity index (χ0v) is 16.9. The van der Waals surface area contributed by atoms with E-state index in [0.717, 1.165) is 36.0 Å². The summed E-state index contributed by atoms with van der Waals surface area (Å²) >= 11 is 1.66. The van der Waals surface area contributed by atoms with Crippen molar-refractivity contribution in [3.05, 3.63) is 26.6 Å². The highest BCUT2D eigenvalue weighted by Gasteiger charge is 2.33. The Kier molecular flexibility index (Phi) is 4.84. The Morgan fingerprint density at radius 2 is 2.11 bits per heavy atom. The van der Waals surface area contributed by atoms with Crippen molar-refractivity contribution in [3.8, 4) is 0 Å². The Bertz CT molecular complexity index is 934. The third kappa shape index (κ3) is 3.43. The number of hydrogen-bond donors (Lipinski definition) is 2. The molecule has 4 rings (SSSR count). The number of piperidine rings is 1. The van der Waals surface area contributed by atoms with E-state index < -0.39 is 5.97 Å². The number of H-pyrrole nitrogens is 1. The number of fused-ring (bicyclic) bond motifs is 3. The molecule has 0 amide bonds. The third-order valence-corrected chi connectivity index (χ3v) is 7.31. The van der Waals surface area contributed by atoms with E-state index in [1.807, 2.05) is 6.92 Å². The molecule has 2 aliphatic rings. The molecule has 0 saturated carbocycles. The Balaban J connectivity index is 1.67. The molecule has 6 nitrogen and oxygen atoms in total. The average Bonchev–Trinajstić information content (AvgIpc) is 2.98. The zero-order valence-electron chi connectivity index (χ0n) is 16.1. The molecule has 3 heterocycles. The van der Waals surface area contributed by atoms with Gasteiger partial charge in [-0.05, 0) is 50.0 Å². The van der Waals surface area contributed by atoms with Crippen LogP contribution in [0.2, 0.25) is 0 Å². The number of likely N-dealkylation sites (tertiary alicyclic amines) is 1. The first-order chi connectivity index (χ1) is 12.8. The average molecular weight is 390 g/mol. The van der Waals surface area contributed by atoms with Gasteiger partial charge in [-0.15, -0.1) is 11.3 Å². The largest absolute Gasteiger partial charge is 0.481 e. The Labute approximate surface area is 162 Å². The number of carbonyl (C=O) groups is 1.